The summed E-state index contributed by atoms with van der Waals surface area (Å²) in [5, 5.41) is 13.4. The number of hydrogen-bond acceptors (Lipinski definition) is 2. The van der Waals surface area contributed by atoms with Gasteiger partial charge in [-0.15, -0.1) is 0 Å². The fraction of sp³-hybridized carbons (Fsp3) is 0.121. The maximum absolute atomic E-state index is 12.8. The van der Waals surface area contributed by atoms with Crippen LogP contribution in [0.5, 0.6) is 0 Å². The molecule has 1 amide bonds. The maximum Gasteiger partial charge on any atom is 0.237 e. The Hall–Kier alpha value is -4.21. The molecule has 0 spiro atoms. The number of nitrogens with one attached hydrogen (secondary N) is 1. The predicted octanol–water partition coefficient (Wildman–Crippen LogP) is 6.82. The second-order valence-electron chi connectivity index (χ2n) is 9.77. The molecule has 0 aliphatic carbocycles. The Morgan fingerprint density at radius 2 is 1.06 bits per heavy atom. The molecule has 0 saturated carbocycles. The van der Waals surface area contributed by atoms with Crippen molar-refractivity contribution in [2.45, 2.75) is 12.1 Å². The van der Waals surface area contributed by atoms with Crippen LogP contribution in [0.3, 0.4) is 0 Å². The van der Waals surface area contributed by atoms with E-state index in [1.165, 1.54) is 54.2 Å². The third-order valence-corrected chi connectivity index (χ3v) is 7.86. The van der Waals surface area contributed by atoms with Crippen LogP contribution >= 0.6 is 0 Å². The summed E-state index contributed by atoms with van der Waals surface area (Å²) in [5.74, 6) is 0.0747. The zero-order valence-electron chi connectivity index (χ0n) is 20.1. The molecule has 174 valence electrons. The van der Waals surface area contributed by atoms with E-state index in [2.05, 4.69) is 115 Å². The lowest BCUT2D eigenvalue weighted by Gasteiger charge is -2.32. The lowest BCUT2D eigenvalue weighted by atomic mass is 9.80. The number of amides is 1. The van der Waals surface area contributed by atoms with Crippen molar-refractivity contribution in [3.05, 3.63) is 120 Å². The van der Waals surface area contributed by atoms with Crippen LogP contribution in [0.25, 0.3) is 43.1 Å². The number of likely N-dealkylation sites (N-methyl/N-ethyl adjacent to an activating group) is 1. The number of carbonyl (C=O) groups excluding carboxylic acids is 1. The highest BCUT2D eigenvalue weighted by Gasteiger charge is 2.37. The van der Waals surface area contributed by atoms with E-state index in [1.807, 2.05) is 11.9 Å². The van der Waals surface area contributed by atoms with Crippen LogP contribution in [0.2, 0.25) is 0 Å². The number of benzene rings is 6. The van der Waals surface area contributed by atoms with Crippen LogP contribution in [0.1, 0.15) is 17.0 Å². The lowest BCUT2D eigenvalue weighted by molar-refractivity contribution is -0.126. The first kappa shape index (κ1) is 21.1. The van der Waals surface area contributed by atoms with E-state index in [0.29, 0.717) is 6.54 Å². The summed E-state index contributed by atoms with van der Waals surface area (Å²) in [5.41, 5.74) is 2.48. The van der Waals surface area contributed by atoms with Crippen molar-refractivity contribution in [2.75, 3.05) is 13.6 Å². The molecule has 1 aliphatic heterocycles. The van der Waals surface area contributed by atoms with Crippen LogP contribution < -0.4 is 5.32 Å². The second kappa shape index (κ2) is 8.18. The summed E-state index contributed by atoms with van der Waals surface area (Å²) in [4.78, 5) is 14.7. The summed E-state index contributed by atoms with van der Waals surface area (Å²) in [6, 6.07) is 39.2. The zero-order chi connectivity index (χ0) is 24.2. The molecular weight excluding hydrogens is 440 g/mol. The van der Waals surface area contributed by atoms with Gasteiger partial charge in [0.1, 0.15) is 0 Å². The molecule has 1 fully saturated rings. The van der Waals surface area contributed by atoms with E-state index < -0.39 is 0 Å². The topological polar surface area (TPSA) is 32.3 Å². The number of hydrogen-bond donors (Lipinski definition) is 1. The van der Waals surface area contributed by atoms with Gasteiger partial charge in [-0.05, 0) is 66.3 Å². The molecule has 0 unspecified atom stereocenters. The molecule has 0 radical (unpaired) electrons. The SMILES string of the molecule is CN1C(=O)CN[C@H]1C(c1cc2ccccc2c2ccccc12)c1cc2ccccc2c2ccccc12. The van der Waals surface area contributed by atoms with Gasteiger partial charge in [-0.25, -0.2) is 0 Å². The molecule has 3 heteroatoms. The monoisotopic (exact) mass is 466 g/mol. The molecule has 1 N–H and O–H groups in total. The highest BCUT2D eigenvalue weighted by molar-refractivity contribution is 6.11. The smallest absolute Gasteiger partial charge is 0.237 e. The summed E-state index contributed by atoms with van der Waals surface area (Å²) >= 11 is 0. The molecule has 6 aromatic rings. The Balaban J connectivity index is 1.61. The van der Waals surface area contributed by atoms with Crippen molar-refractivity contribution in [2.24, 2.45) is 0 Å². The molecule has 1 aliphatic rings. The van der Waals surface area contributed by atoms with Crippen LogP contribution in [0.4, 0.5) is 0 Å². The van der Waals surface area contributed by atoms with Crippen LogP contribution in [0.15, 0.2) is 109 Å². The van der Waals surface area contributed by atoms with Gasteiger partial charge in [0.05, 0.1) is 12.7 Å². The number of nitrogens with zero attached hydrogens (tertiary/aromatic N) is 1. The van der Waals surface area contributed by atoms with E-state index in [9.17, 15) is 4.79 Å². The van der Waals surface area contributed by atoms with Crippen molar-refractivity contribution in [1.29, 1.82) is 0 Å². The first-order valence-electron chi connectivity index (χ1n) is 12.5. The van der Waals surface area contributed by atoms with E-state index in [4.69, 9.17) is 0 Å². The highest BCUT2D eigenvalue weighted by atomic mass is 16.2. The Bertz CT molecular complexity index is 1690. The Morgan fingerprint density at radius 3 is 1.50 bits per heavy atom. The summed E-state index contributed by atoms with van der Waals surface area (Å²) < 4.78 is 0. The van der Waals surface area contributed by atoms with Gasteiger partial charge < -0.3 is 4.90 Å². The number of carbonyl (C=O) groups is 1. The van der Waals surface area contributed by atoms with Crippen LogP contribution in [-0.4, -0.2) is 30.6 Å². The molecule has 6 aromatic carbocycles. The molecule has 1 atom stereocenters. The molecular formula is C33H26N2O. The first-order chi connectivity index (χ1) is 17.7. The number of fused-ring (bicyclic) bond motifs is 6. The highest BCUT2D eigenvalue weighted by Crippen LogP contribution is 2.42. The minimum atomic E-state index is -0.147. The van der Waals surface area contributed by atoms with E-state index in [0.717, 1.165) is 0 Å². The van der Waals surface area contributed by atoms with Gasteiger partial charge in [-0.2, -0.15) is 0 Å². The minimum Gasteiger partial charge on any atom is -0.328 e. The number of rotatable bonds is 3. The maximum atomic E-state index is 12.8. The Kier molecular flexibility index (Phi) is 4.80. The quantitative estimate of drug-likeness (QED) is 0.290. The van der Waals surface area contributed by atoms with Gasteiger partial charge in [0.2, 0.25) is 5.91 Å². The van der Waals surface area contributed by atoms with Crippen LogP contribution in [-0.2, 0) is 4.79 Å². The average Bonchev–Trinajstić information content (AvgIpc) is 3.26. The lowest BCUT2D eigenvalue weighted by Crippen LogP contribution is -2.40. The standard InChI is InChI=1S/C33H26N2O/c1-35-31(36)20-34-33(35)32(29-18-21-10-2-4-12-23(21)25-14-6-8-16-27(25)29)30-19-22-11-3-5-13-24(22)26-15-7-9-17-28(26)30/h2-19,32-34H,20H2,1H3/t33-/m1/s1. The largest absolute Gasteiger partial charge is 0.328 e. The normalized spacial score (nSPS) is 16.2. The Labute approximate surface area is 210 Å². The second-order valence-corrected chi connectivity index (χ2v) is 9.77. The van der Waals surface area contributed by atoms with Gasteiger partial charge >= 0.3 is 0 Å². The van der Waals surface area contributed by atoms with Gasteiger partial charge in [-0.1, -0.05) is 97.1 Å². The molecule has 1 saturated heterocycles. The predicted molar refractivity (Wildman–Crippen MR) is 149 cm³/mol. The zero-order valence-corrected chi connectivity index (χ0v) is 20.1. The van der Waals surface area contributed by atoms with Crippen molar-refractivity contribution < 1.29 is 4.79 Å². The third-order valence-electron chi connectivity index (χ3n) is 7.86. The third kappa shape index (κ3) is 3.13. The molecule has 36 heavy (non-hydrogen) atoms. The summed E-state index contributed by atoms with van der Waals surface area (Å²) in [6.45, 7) is 0.356. The van der Waals surface area contributed by atoms with Crippen molar-refractivity contribution in [3.8, 4) is 0 Å². The fourth-order valence-electron chi connectivity index (χ4n) is 6.14. The van der Waals surface area contributed by atoms with Crippen molar-refractivity contribution in [3.63, 3.8) is 0 Å². The van der Waals surface area contributed by atoms with E-state index in [-0.39, 0.29) is 18.0 Å². The summed E-state index contributed by atoms with van der Waals surface area (Å²) in [6.07, 6.45) is -0.147. The van der Waals surface area contributed by atoms with Gasteiger partial charge in [-0.3, -0.25) is 10.1 Å². The molecule has 3 nitrogen and oxygen atoms in total. The Morgan fingerprint density at radius 1 is 0.639 bits per heavy atom. The fourth-order valence-corrected chi connectivity index (χ4v) is 6.14. The molecule has 1 heterocycles. The van der Waals surface area contributed by atoms with Gasteiger partial charge in [0.25, 0.3) is 0 Å². The first-order valence-corrected chi connectivity index (χ1v) is 12.5. The molecule has 0 bridgehead atoms. The van der Waals surface area contributed by atoms with Gasteiger partial charge in [0.15, 0.2) is 0 Å². The minimum absolute atomic E-state index is 0.0505. The van der Waals surface area contributed by atoms with E-state index in [1.54, 1.807) is 0 Å². The molecule has 0 aromatic heterocycles. The summed E-state index contributed by atoms with van der Waals surface area (Å²) in [7, 11) is 1.92. The van der Waals surface area contributed by atoms with E-state index >= 15 is 0 Å². The van der Waals surface area contributed by atoms with Crippen molar-refractivity contribution in [1.82, 2.24) is 10.2 Å². The molecule has 7 rings (SSSR count). The van der Waals surface area contributed by atoms with Crippen LogP contribution in [0, 0.1) is 0 Å². The van der Waals surface area contributed by atoms with Crippen molar-refractivity contribution >= 4 is 49.0 Å². The van der Waals surface area contributed by atoms with Gasteiger partial charge in [0, 0.05) is 13.0 Å². The average molecular weight is 467 g/mol.